The van der Waals surface area contributed by atoms with Gasteiger partial charge in [0, 0.05) is 96.1 Å². The van der Waals surface area contributed by atoms with E-state index in [-0.39, 0.29) is 24.7 Å². The lowest BCUT2D eigenvalue weighted by molar-refractivity contribution is -0.125. The van der Waals surface area contributed by atoms with E-state index in [1.807, 2.05) is 41.3 Å². The SMILES string of the molecule is CCC(C)(CC)CCOCCOCCCNC(=O)CCC(=O)N1Cc2ccccc2-c2c(nnn2CCCN2CCN(CCN(C)C)CC2)-c2ccccc21. The van der Waals surface area contributed by atoms with E-state index in [1.165, 1.54) is 0 Å². The van der Waals surface area contributed by atoms with Gasteiger partial charge in [-0.25, -0.2) is 4.68 Å². The zero-order valence-electron chi connectivity index (χ0n) is 34.2. The zero-order valence-corrected chi connectivity index (χ0v) is 34.2. The van der Waals surface area contributed by atoms with E-state index in [9.17, 15) is 9.59 Å². The van der Waals surface area contributed by atoms with Gasteiger partial charge in [0.05, 0.1) is 31.1 Å². The summed E-state index contributed by atoms with van der Waals surface area (Å²) in [7, 11) is 4.27. The van der Waals surface area contributed by atoms with Crippen molar-refractivity contribution in [1.29, 1.82) is 0 Å². The van der Waals surface area contributed by atoms with Gasteiger partial charge in [-0.15, -0.1) is 5.10 Å². The number of para-hydroxylation sites is 1. The lowest BCUT2D eigenvalue weighted by atomic mass is 9.82. The molecular weight excluding hydrogens is 693 g/mol. The molecule has 0 unspecified atom stereocenters. The Labute approximate surface area is 329 Å². The van der Waals surface area contributed by atoms with Crippen LogP contribution in [0.2, 0.25) is 0 Å². The number of nitrogens with one attached hydrogen (secondary N) is 1. The summed E-state index contributed by atoms with van der Waals surface area (Å²) in [5.41, 5.74) is 5.83. The second-order valence-electron chi connectivity index (χ2n) is 15.7. The van der Waals surface area contributed by atoms with E-state index in [0.29, 0.717) is 44.7 Å². The monoisotopic (exact) mass is 759 g/mol. The van der Waals surface area contributed by atoms with Crippen LogP contribution in [-0.2, 0) is 32.2 Å². The maximum absolute atomic E-state index is 13.9. The van der Waals surface area contributed by atoms with Crippen molar-refractivity contribution in [2.45, 2.75) is 78.8 Å². The van der Waals surface area contributed by atoms with Gasteiger partial charge in [-0.2, -0.15) is 0 Å². The van der Waals surface area contributed by atoms with Crippen molar-refractivity contribution in [3.05, 3.63) is 54.1 Å². The first-order valence-corrected chi connectivity index (χ1v) is 20.6. The highest BCUT2D eigenvalue weighted by Gasteiger charge is 2.29. The molecule has 2 aromatic carbocycles. The fourth-order valence-corrected chi connectivity index (χ4v) is 7.31. The molecule has 3 aromatic rings. The Morgan fingerprint density at radius 2 is 1.49 bits per heavy atom. The van der Waals surface area contributed by atoms with Crippen molar-refractivity contribution in [1.82, 2.24) is 35.0 Å². The molecule has 302 valence electrons. The molecule has 0 aliphatic carbocycles. The third-order valence-electron chi connectivity index (χ3n) is 11.5. The Morgan fingerprint density at radius 1 is 0.818 bits per heavy atom. The average Bonchev–Trinajstić information content (AvgIpc) is 3.61. The number of aryl methyl sites for hydroxylation is 1. The molecule has 1 fully saturated rings. The number of fused-ring (bicyclic) bond motifs is 5. The van der Waals surface area contributed by atoms with Gasteiger partial charge in [0.1, 0.15) is 5.69 Å². The Hall–Kier alpha value is -3.68. The molecule has 55 heavy (non-hydrogen) atoms. The van der Waals surface area contributed by atoms with Crippen LogP contribution in [0.1, 0.15) is 71.3 Å². The molecule has 1 aromatic heterocycles. The summed E-state index contributed by atoms with van der Waals surface area (Å²) in [6.45, 7) is 18.5. The topological polar surface area (TPSA) is 108 Å². The number of ether oxygens (including phenoxy) is 2. The van der Waals surface area contributed by atoms with Crippen molar-refractivity contribution >= 4 is 17.5 Å². The van der Waals surface area contributed by atoms with Crippen LogP contribution >= 0.6 is 0 Å². The number of hydrogen-bond donors (Lipinski definition) is 1. The maximum atomic E-state index is 13.9. The summed E-state index contributed by atoms with van der Waals surface area (Å²) in [6, 6.07) is 16.2. The number of likely N-dealkylation sites (N-methyl/N-ethyl adjacent to an activating group) is 1. The van der Waals surface area contributed by atoms with E-state index in [2.05, 4.69) is 76.9 Å². The first-order valence-electron chi connectivity index (χ1n) is 20.6. The van der Waals surface area contributed by atoms with Crippen molar-refractivity contribution in [3.63, 3.8) is 0 Å². The Balaban J connectivity index is 1.11. The molecule has 0 saturated carbocycles. The van der Waals surface area contributed by atoms with Gasteiger partial charge in [-0.3, -0.25) is 14.5 Å². The highest BCUT2D eigenvalue weighted by Crippen LogP contribution is 2.41. The van der Waals surface area contributed by atoms with Crippen LogP contribution in [0.5, 0.6) is 0 Å². The standard InChI is InChI=1S/C43H66N8O4/c1-6-43(3,7-2)20-31-55-33-32-54-30-12-21-44-39(52)18-19-40(53)50-34-35-14-8-9-15-36(35)42-41(37-16-10-11-17-38(37)50)45-46-51(42)23-13-22-48-26-28-49(29-27-48)25-24-47(4)5/h8-11,14-17H,6-7,12-13,18-34H2,1-5H3,(H,44,52). The minimum Gasteiger partial charge on any atom is -0.379 e. The third-order valence-corrected chi connectivity index (χ3v) is 11.5. The number of amides is 2. The predicted octanol–water partition coefficient (Wildman–Crippen LogP) is 5.56. The number of rotatable bonds is 22. The lowest BCUT2D eigenvalue weighted by Gasteiger charge is -2.35. The zero-order chi connectivity index (χ0) is 39.0. The van der Waals surface area contributed by atoms with Crippen molar-refractivity contribution in [2.75, 3.05) is 97.8 Å². The number of carbonyl (C=O) groups is 2. The molecule has 2 aliphatic heterocycles. The van der Waals surface area contributed by atoms with Crippen LogP contribution in [0.3, 0.4) is 0 Å². The first-order chi connectivity index (χ1) is 26.7. The molecule has 2 amide bonds. The number of hydrogen-bond acceptors (Lipinski definition) is 9. The van der Waals surface area contributed by atoms with Gasteiger partial charge in [0.2, 0.25) is 11.8 Å². The minimum absolute atomic E-state index is 0.100. The van der Waals surface area contributed by atoms with E-state index >= 15 is 0 Å². The van der Waals surface area contributed by atoms with Crippen LogP contribution in [0.25, 0.3) is 22.5 Å². The summed E-state index contributed by atoms with van der Waals surface area (Å²) in [4.78, 5) is 35.9. The number of nitrogens with zero attached hydrogens (tertiary/aromatic N) is 7. The van der Waals surface area contributed by atoms with Crippen LogP contribution in [0, 0.1) is 5.41 Å². The molecular formula is C43H66N8O4. The molecule has 0 bridgehead atoms. The van der Waals surface area contributed by atoms with Gasteiger partial charge >= 0.3 is 0 Å². The molecule has 0 atom stereocenters. The van der Waals surface area contributed by atoms with E-state index in [0.717, 1.165) is 118 Å². The lowest BCUT2D eigenvalue weighted by Crippen LogP contribution is -2.48. The molecule has 12 nitrogen and oxygen atoms in total. The number of benzene rings is 2. The van der Waals surface area contributed by atoms with Gasteiger partial charge < -0.3 is 29.5 Å². The second-order valence-corrected chi connectivity index (χ2v) is 15.7. The van der Waals surface area contributed by atoms with Gasteiger partial charge in [-0.1, -0.05) is 81.3 Å². The molecule has 0 radical (unpaired) electrons. The number of carbonyl (C=O) groups excluding carboxylic acids is 2. The first kappa shape index (κ1) is 42.5. The second kappa shape index (κ2) is 21.6. The quantitative estimate of drug-likeness (QED) is 0.132. The van der Waals surface area contributed by atoms with Crippen molar-refractivity contribution in [3.8, 4) is 22.5 Å². The normalized spacial score (nSPS) is 15.0. The molecule has 12 heteroatoms. The third kappa shape index (κ3) is 12.4. The summed E-state index contributed by atoms with van der Waals surface area (Å²) < 4.78 is 13.5. The maximum Gasteiger partial charge on any atom is 0.227 e. The van der Waals surface area contributed by atoms with Crippen molar-refractivity contribution < 1.29 is 19.1 Å². The number of anilines is 1. The minimum atomic E-state index is -0.135. The predicted molar refractivity (Wildman–Crippen MR) is 220 cm³/mol. The van der Waals surface area contributed by atoms with Crippen LogP contribution in [-0.4, -0.2) is 134 Å². The summed E-state index contributed by atoms with van der Waals surface area (Å²) >= 11 is 0. The largest absolute Gasteiger partial charge is 0.379 e. The van der Waals surface area contributed by atoms with Gasteiger partial charge in [0.15, 0.2) is 0 Å². The van der Waals surface area contributed by atoms with Crippen molar-refractivity contribution in [2.24, 2.45) is 5.41 Å². The fourth-order valence-electron chi connectivity index (χ4n) is 7.31. The molecule has 5 rings (SSSR count). The average molecular weight is 759 g/mol. The van der Waals surface area contributed by atoms with Gasteiger partial charge in [0.25, 0.3) is 0 Å². The van der Waals surface area contributed by atoms with E-state index < -0.39 is 0 Å². The summed E-state index contributed by atoms with van der Waals surface area (Å²) in [5.74, 6) is -0.236. The molecule has 3 heterocycles. The Bertz CT molecular complexity index is 1630. The highest BCUT2D eigenvalue weighted by molar-refractivity contribution is 6.01. The highest BCUT2D eigenvalue weighted by atomic mass is 16.5. The Morgan fingerprint density at radius 3 is 2.22 bits per heavy atom. The van der Waals surface area contributed by atoms with E-state index in [4.69, 9.17) is 14.6 Å². The fraction of sp³-hybridized carbons (Fsp3) is 0.628. The molecule has 2 aliphatic rings. The van der Waals surface area contributed by atoms with Gasteiger partial charge in [-0.05, 0) is 50.4 Å². The molecule has 1 N–H and O–H groups in total. The summed E-state index contributed by atoms with van der Waals surface area (Å²) in [5, 5.41) is 12.4. The number of piperazine rings is 1. The Kier molecular flexibility index (Phi) is 16.7. The van der Waals surface area contributed by atoms with Crippen LogP contribution in [0.15, 0.2) is 48.5 Å². The smallest absolute Gasteiger partial charge is 0.227 e. The van der Waals surface area contributed by atoms with Crippen LogP contribution < -0.4 is 10.2 Å². The van der Waals surface area contributed by atoms with Crippen LogP contribution in [0.4, 0.5) is 5.69 Å². The molecule has 1 saturated heterocycles. The summed E-state index contributed by atoms with van der Waals surface area (Å²) in [6.07, 6.45) is 5.29. The molecule has 0 spiro atoms. The van der Waals surface area contributed by atoms with E-state index in [1.54, 1.807) is 0 Å². The number of aromatic nitrogens is 3.